The largest absolute Gasteiger partial charge is 0.384 e. The highest BCUT2D eigenvalue weighted by Gasteiger charge is 2.59. The van der Waals surface area contributed by atoms with Crippen molar-refractivity contribution in [3.8, 4) is 0 Å². The average Bonchev–Trinajstić information content (AvgIpc) is 2.73. The van der Waals surface area contributed by atoms with Gasteiger partial charge >= 0.3 is 0 Å². The molecule has 3 rings (SSSR count). The van der Waals surface area contributed by atoms with Gasteiger partial charge in [-0.3, -0.25) is 4.84 Å². The predicted molar refractivity (Wildman–Crippen MR) is 119 cm³/mol. The van der Waals surface area contributed by atoms with E-state index in [0.717, 1.165) is 32.1 Å². The fraction of sp³-hybridized carbons (Fsp3) is 0.760. The molecule has 5 nitrogen and oxygen atoms in total. The first-order valence-corrected chi connectivity index (χ1v) is 11.5. The van der Waals surface area contributed by atoms with E-state index in [4.69, 9.17) is 19.0 Å². The van der Waals surface area contributed by atoms with Gasteiger partial charge in [-0.05, 0) is 38.7 Å². The Bertz CT molecular complexity index is 663. The second-order valence-electron chi connectivity index (χ2n) is 10.2. The summed E-state index contributed by atoms with van der Waals surface area (Å²) in [6.07, 6.45) is 4.50. The van der Waals surface area contributed by atoms with Crippen molar-refractivity contribution < 1.29 is 19.0 Å². The smallest absolute Gasteiger partial charge is 0.172 e. The van der Waals surface area contributed by atoms with Crippen LogP contribution in [0.15, 0.2) is 30.3 Å². The first kappa shape index (κ1) is 23.7. The van der Waals surface area contributed by atoms with Crippen LogP contribution >= 0.6 is 0 Å². The summed E-state index contributed by atoms with van der Waals surface area (Å²) in [5.74, 6) is -0.554. The molecule has 2 aliphatic rings. The summed E-state index contributed by atoms with van der Waals surface area (Å²) in [6, 6.07) is 10.5. The van der Waals surface area contributed by atoms with Crippen LogP contribution in [0, 0.1) is 5.41 Å². The standard InChI is InChI=1S/C25H41NO4/c1-7-24(8-2)17-25(28-19-23(5,18-27-6)20-29-25)16-22(3,4)26(24)30-15-14-21-12-10-9-11-13-21/h9-13H,7-8,14-20H2,1-6H3. The molecule has 2 aliphatic heterocycles. The first-order chi connectivity index (χ1) is 14.2. The zero-order valence-electron chi connectivity index (χ0n) is 19.8. The SMILES string of the molecule is CCC1(CC)CC2(CC(C)(C)N1OCCc1ccccc1)OCC(C)(COC)CO2. The zero-order chi connectivity index (χ0) is 21.9. The third-order valence-electron chi connectivity index (χ3n) is 6.91. The van der Waals surface area contributed by atoms with E-state index in [9.17, 15) is 0 Å². The van der Waals surface area contributed by atoms with E-state index in [-0.39, 0.29) is 16.5 Å². The summed E-state index contributed by atoms with van der Waals surface area (Å²) in [5, 5.41) is 2.28. The number of hydrogen-bond donors (Lipinski definition) is 0. The Balaban J connectivity index is 1.74. The molecule has 0 bridgehead atoms. The van der Waals surface area contributed by atoms with Crippen molar-refractivity contribution in [3.63, 3.8) is 0 Å². The van der Waals surface area contributed by atoms with Gasteiger partial charge in [0.25, 0.3) is 0 Å². The molecule has 2 heterocycles. The third-order valence-corrected chi connectivity index (χ3v) is 6.91. The Morgan fingerprint density at radius 3 is 2.17 bits per heavy atom. The molecule has 0 amide bonds. The van der Waals surface area contributed by atoms with Crippen LogP contribution in [0.3, 0.4) is 0 Å². The van der Waals surface area contributed by atoms with Crippen LogP contribution in [-0.4, -0.2) is 55.5 Å². The molecule has 0 saturated carbocycles. The zero-order valence-corrected chi connectivity index (χ0v) is 19.8. The van der Waals surface area contributed by atoms with Gasteiger partial charge in [-0.1, -0.05) is 51.1 Å². The van der Waals surface area contributed by atoms with Gasteiger partial charge in [0.05, 0.1) is 32.0 Å². The molecule has 1 aromatic rings. The molecule has 0 N–H and O–H groups in total. The monoisotopic (exact) mass is 419 g/mol. The minimum Gasteiger partial charge on any atom is -0.384 e. The summed E-state index contributed by atoms with van der Waals surface area (Å²) in [4.78, 5) is 6.52. The van der Waals surface area contributed by atoms with Crippen molar-refractivity contribution in [1.29, 1.82) is 0 Å². The van der Waals surface area contributed by atoms with Gasteiger partial charge in [0.2, 0.25) is 0 Å². The second-order valence-corrected chi connectivity index (χ2v) is 10.2. The van der Waals surface area contributed by atoms with Gasteiger partial charge in [-0.25, -0.2) is 0 Å². The number of piperidine rings is 1. The maximum Gasteiger partial charge on any atom is 0.172 e. The van der Waals surface area contributed by atoms with E-state index in [1.807, 2.05) is 0 Å². The number of rotatable bonds is 8. The highest BCUT2D eigenvalue weighted by molar-refractivity contribution is 5.14. The highest BCUT2D eigenvalue weighted by Crippen LogP contribution is 2.51. The lowest BCUT2D eigenvalue weighted by Gasteiger charge is -2.61. The van der Waals surface area contributed by atoms with Crippen LogP contribution < -0.4 is 0 Å². The van der Waals surface area contributed by atoms with Crippen molar-refractivity contribution in [2.75, 3.05) is 33.5 Å². The Kier molecular flexibility index (Phi) is 7.30. The molecular weight excluding hydrogens is 378 g/mol. The average molecular weight is 420 g/mol. The highest BCUT2D eigenvalue weighted by atomic mass is 16.7. The molecular formula is C25H41NO4. The minimum absolute atomic E-state index is 0.0887. The Morgan fingerprint density at radius 2 is 1.60 bits per heavy atom. The van der Waals surface area contributed by atoms with E-state index in [0.29, 0.717) is 26.4 Å². The Labute approximate surface area is 183 Å². The number of hydrogen-bond acceptors (Lipinski definition) is 5. The lowest BCUT2D eigenvalue weighted by atomic mass is 9.72. The van der Waals surface area contributed by atoms with Crippen LogP contribution in [-0.2, 0) is 25.5 Å². The van der Waals surface area contributed by atoms with Crippen molar-refractivity contribution in [2.45, 2.75) is 83.6 Å². The van der Waals surface area contributed by atoms with Crippen molar-refractivity contribution in [3.05, 3.63) is 35.9 Å². The molecule has 30 heavy (non-hydrogen) atoms. The number of benzene rings is 1. The van der Waals surface area contributed by atoms with Crippen LogP contribution in [0.1, 0.15) is 65.9 Å². The first-order valence-electron chi connectivity index (χ1n) is 11.5. The summed E-state index contributed by atoms with van der Waals surface area (Å²) in [6.45, 7) is 13.8. The lowest BCUT2D eigenvalue weighted by Crippen LogP contribution is -2.69. The van der Waals surface area contributed by atoms with Gasteiger partial charge in [0.15, 0.2) is 5.79 Å². The van der Waals surface area contributed by atoms with Crippen LogP contribution in [0.2, 0.25) is 0 Å². The minimum atomic E-state index is -0.554. The number of ether oxygens (including phenoxy) is 3. The Morgan fingerprint density at radius 1 is 0.967 bits per heavy atom. The fourth-order valence-corrected chi connectivity index (χ4v) is 5.34. The predicted octanol–water partition coefficient (Wildman–Crippen LogP) is 4.99. The molecule has 0 aromatic heterocycles. The normalized spacial score (nSPS) is 31.1. The quantitative estimate of drug-likeness (QED) is 0.594. The van der Waals surface area contributed by atoms with E-state index < -0.39 is 5.79 Å². The molecule has 170 valence electrons. The number of hydroxylamine groups is 2. The van der Waals surface area contributed by atoms with E-state index in [1.165, 1.54) is 5.56 Å². The van der Waals surface area contributed by atoms with E-state index >= 15 is 0 Å². The van der Waals surface area contributed by atoms with Crippen LogP contribution in [0.4, 0.5) is 0 Å². The maximum absolute atomic E-state index is 6.52. The van der Waals surface area contributed by atoms with Gasteiger partial charge in [0.1, 0.15) is 0 Å². The van der Waals surface area contributed by atoms with Gasteiger partial charge in [-0.15, -0.1) is 0 Å². The molecule has 0 unspecified atom stereocenters. The van der Waals surface area contributed by atoms with Gasteiger partial charge < -0.3 is 14.2 Å². The summed E-state index contributed by atoms with van der Waals surface area (Å²) < 4.78 is 18.4. The molecule has 1 spiro atoms. The third kappa shape index (κ3) is 4.91. The summed E-state index contributed by atoms with van der Waals surface area (Å²) >= 11 is 0. The van der Waals surface area contributed by atoms with Gasteiger partial charge in [-0.2, -0.15) is 5.06 Å². The molecule has 5 heteroatoms. The van der Waals surface area contributed by atoms with E-state index in [2.05, 4.69) is 70.0 Å². The fourth-order valence-electron chi connectivity index (χ4n) is 5.34. The molecule has 0 radical (unpaired) electrons. The van der Waals surface area contributed by atoms with Crippen LogP contribution in [0.25, 0.3) is 0 Å². The maximum atomic E-state index is 6.52. The molecule has 2 saturated heterocycles. The summed E-state index contributed by atoms with van der Waals surface area (Å²) in [5.41, 5.74) is 0.900. The second kappa shape index (κ2) is 9.25. The summed E-state index contributed by atoms with van der Waals surface area (Å²) in [7, 11) is 1.74. The lowest BCUT2D eigenvalue weighted by molar-refractivity contribution is -0.388. The molecule has 0 aliphatic carbocycles. The van der Waals surface area contributed by atoms with E-state index in [1.54, 1.807) is 7.11 Å². The number of methoxy groups -OCH3 is 1. The topological polar surface area (TPSA) is 40.2 Å². The van der Waals surface area contributed by atoms with Crippen molar-refractivity contribution in [1.82, 2.24) is 5.06 Å². The van der Waals surface area contributed by atoms with Crippen molar-refractivity contribution in [2.24, 2.45) is 5.41 Å². The molecule has 1 aromatic carbocycles. The molecule has 0 atom stereocenters. The van der Waals surface area contributed by atoms with Gasteiger partial charge in [0, 0.05) is 30.9 Å². The molecule has 2 fully saturated rings. The van der Waals surface area contributed by atoms with Crippen LogP contribution in [0.5, 0.6) is 0 Å². The number of nitrogens with zero attached hydrogens (tertiary/aromatic N) is 1. The Hall–Kier alpha value is -0.980. The van der Waals surface area contributed by atoms with Crippen molar-refractivity contribution >= 4 is 0 Å².